The molecule has 0 amide bonds. The molecule has 0 aromatic heterocycles. The van der Waals surface area contributed by atoms with Gasteiger partial charge in [-0.05, 0) is 6.92 Å². The van der Waals surface area contributed by atoms with Gasteiger partial charge in [-0.2, -0.15) is 0 Å². The molecular formula is C7H10N2O3. The molecule has 0 saturated carbocycles. The van der Waals surface area contributed by atoms with Gasteiger partial charge < -0.3 is 20.7 Å². The van der Waals surface area contributed by atoms with E-state index in [-0.39, 0.29) is 17.9 Å². The molecular weight excluding hydrogens is 160 g/mol. The third-order valence-corrected chi connectivity index (χ3v) is 1.28. The van der Waals surface area contributed by atoms with Crippen molar-refractivity contribution in [1.82, 2.24) is 10.9 Å². The van der Waals surface area contributed by atoms with Crippen molar-refractivity contribution >= 4 is 5.97 Å². The predicted molar refractivity (Wildman–Crippen MR) is 41.7 cm³/mol. The standard InChI is InChI=1S/C7H10N2O3/c1-2-12-7(11)5-3-8-9-4-6(5)10/h3-4,8-10H,2H2,1H3. The summed E-state index contributed by atoms with van der Waals surface area (Å²) in [5.41, 5.74) is 5.19. The summed E-state index contributed by atoms with van der Waals surface area (Å²) < 4.78 is 4.68. The maximum absolute atomic E-state index is 11.0. The van der Waals surface area contributed by atoms with Crippen molar-refractivity contribution < 1.29 is 14.6 Å². The fraction of sp³-hybridized carbons (Fsp3) is 0.286. The van der Waals surface area contributed by atoms with Gasteiger partial charge in [-0.25, -0.2) is 4.79 Å². The number of aliphatic hydroxyl groups is 1. The van der Waals surface area contributed by atoms with E-state index in [0.717, 1.165) is 0 Å². The van der Waals surface area contributed by atoms with Gasteiger partial charge in [-0.3, -0.25) is 0 Å². The monoisotopic (exact) mass is 170 g/mol. The molecule has 5 heteroatoms. The van der Waals surface area contributed by atoms with Crippen LogP contribution in [0.3, 0.4) is 0 Å². The van der Waals surface area contributed by atoms with Crippen molar-refractivity contribution in [3.05, 3.63) is 23.7 Å². The average molecular weight is 170 g/mol. The molecule has 1 aliphatic heterocycles. The zero-order valence-corrected chi connectivity index (χ0v) is 6.63. The molecule has 1 aliphatic rings. The molecule has 0 aromatic carbocycles. The molecule has 0 aliphatic carbocycles. The lowest BCUT2D eigenvalue weighted by molar-refractivity contribution is -0.138. The van der Waals surface area contributed by atoms with Gasteiger partial charge in [-0.1, -0.05) is 0 Å². The number of carbonyl (C=O) groups excluding carboxylic acids is 1. The van der Waals surface area contributed by atoms with Crippen molar-refractivity contribution in [2.45, 2.75) is 6.92 Å². The van der Waals surface area contributed by atoms with E-state index in [1.165, 1.54) is 12.4 Å². The summed E-state index contributed by atoms with van der Waals surface area (Å²) in [6.45, 7) is 1.99. The normalized spacial score (nSPS) is 15.1. The second kappa shape index (κ2) is 3.66. The Hall–Kier alpha value is -1.65. The van der Waals surface area contributed by atoms with Gasteiger partial charge in [0, 0.05) is 6.20 Å². The van der Waals surface area contributed by atoms with Crippen LogP contribution in [0.25, 0.3) is 0 Å². The molecule has 1 rings (SSSR count). The van der Waals surface area contributed by atoms with E-state index in [4.69, 9.17) is 5.11 Å². The largest absolute Gasteiger partial charge is 0.505 e. The molecule has 0 aromatic rings. The fourth-order valence-corrected chi connectivity index (χ4v) is 0.748. The first-order chi connectivity index (χ1) is 5.75. The van der Waals surface area contributed by atoms with Crippen LogP contribution in [-0.4, -0.2) is 17.7 Å². The molecule has 0 saturated heterocycles. The number of hydrogen-bond donors (Lipinski definition) is 3. The van der Waals surface area contributed by atoms with Gasteiger partial charge in [0.05, 0.1) is 12.8 Å². The Balaban J connectivity index is 2.67. The third-order valence-electron chi connectivity index (χ3n) is 1.28. The molecule has 5 nitrogen and oxygen atoms in total. The Labute approximate surface area is 69.7 Å². The maximum Gasteiger partial charge on any atom is 0.343 e. The predicted octanol–water partition coefficient (Wildman–Crippen LogP) is -0.0594. The molecule has 3 N–H and O–H groups in total. The van der Waals surface area contributed by atoms with Crippen LogP contribution in [0.1, 0.15) is 6.92 Å². The highest BCUT2D eigenvalue weighted by Crippen LogP contribution is 2.08. The van der Waals surface area contributed by atoms with E-state index in [2.05, 4.69) is 15.6 Å². The molecule has 0 unspecified atom stereocenters. The van der Waals surface area contributed by atoms with Crippen LogP contribution >= 0.6 is 0 Å². The van der Waals surface area contributed by atoms with E-state index in [0.29, 0.717) is 0 Å². The Morgan fingerprint density at radius 1 is 1.58 bits per heavy atom. The maximum atomic E-state index is 11.0. The lowest BCUT2D eigenvalue weighted by Gasteiger charge is -2.11. The van der Waals surface area contributed by atoms with Gasteiger partial charge in [0.1, 0.15) is 11.3 Å². The van der Waals surface area contributed by atoms with Gasteiger partial charge in [0.2, 0.25) is 0 Å². The number of rotatable bonds is 2. The Morgan fingerprint density at radius 2 is 2.25 bits per heavy atom. The highest BCUT2D eigenvalue weighted by Gasteiger charge is 2.16. The summed E-state index contributed by atoms with van der Waals surface area (Å²) in [6, 6.07) is 0. The summed E-state index contributed by atoms with van der Waals surface area (Å²) in [5.74, 6) is -0.674. The van der Waals surface area contributed by atoms with Crippen LogP contribution in [0.2, 0.25) is 0 Å². The summed E-state index contributed by atoms with van der Waals surface area (Å²) in [7, 11) is 0. The number of hydrogen-bond acceptors (Lipinski definition) is 5. The SMILES string of the molecule is CCOC(=O)C1=CNNC=C1O. The van der Waals surface area contributed by atoms with Crippen LogP contribution in [0.4, 0.5) is 0 Å². The summed E-state index contributed by atoms with van der Waals surface area (Å²) in [6.07, 6.45) is 2.61. The minimum atomic E-state index is -0.541. The number of carbonyl (C=O) groups is 1. The number of nitrogens with one attached hydrogen (secondary N) is 2. The van der Waals surface area contributed by atoms with E-state index in [9.17, 15) is 4.79 Å². The number of ether oxygens (including phenoxy) is 1. The number of hydrazine groups is 1. The topological polar surface area (TPSA) is 70.6 Å². The molecule has 1 heterocycles. The van der Waals surface area contributed by atoms with Crippen molar-refractivity contribution in [1.29, 1.82) is 0 Å². The third kappa shape index (κ3) is 1.69. The fourth-order valence-electron chi connectivity index (χ4n) is 0.748. The van der Waals surface area contributed by atoms with Crippen LogP contribution in [0.5, 0.6) is 0 Å². The average Bonchev–Trinajstić information content (AvgIpc) is 2.05. The zero-order valence-electron chi connectivity index (χ0n) is 6.63. The van der Waals surface area contributed by atoms with E-state index in [1.54, 1.807) is 6.92 Å². The molecule has 0 fully saturated rings. The summed E-state index contributed by atoms with van der Waals surface area (Å²) in [5, 5.41) is 9.16. The molecule has 66 valence electrons. The van der Waals surface area contributed by atoms with Gasteiger partial charge in [-0.15, -0.1) is 0 Å². The molecule has 0 atom stereocenters. The smallest absolute Gasteiger partial charge is 0.343 e. The number of esters is 1. The van der Waals surface area contributed by atoms with E-state index >= 15 is 0 Å². The molecule has 0 spiro atoms. The van der Waals surface area contributed by atoms with Crippen molar-refractivity contribution in [2.24, 2.45) is 0 Å². The molecule has 0 radical (unpaired) electrons. The first-order valence-electron chi connectivity index (χ1n) is 3.53. The summed E-state index contributed by atoms with van der Waals surface area (Å²) in [4.78, 5) is 11.0. The van der Waals surface area contributed by atoms with Crippen LogP contribution < -0.4 is 10.9 Å². The van der Waals surface area contributed by atoms with Crippen LogP contribution in [0, 0.1) is 0 Å². The van der Waals surface area contributed by atoms with Crippen LogP contribution in [0.15, 0.2) is 23.7 Å². The lowest BCUT2D eigenvalue weighted by Crippen LogP contribution is -2.28. The Bertz CT molecular complexity index is 245. The van der Waals surface area contributed by atoms with Gasteiger partial charge in [0.25, 0.3) is 0 Å². The second-order valence-corrected chi connectivity index (χ2v) is 2.10. The lowest BCUT2D eigenvalue weighted by atomic mass is 10.2. The first kappa shape index (κ1) is 8.45. The van der Waals surface area contributed by atoms with E-state index < -0.39 is 5.97 Å². The molecule has 0 bridgehead atoms. The van der Waals surface area contributed by atoms with Crippen molar-refractivity contribution in [3.63, 3.8) is 0 Å². The molecule has 12 heavy (non-hydrogen) atoms. The Morgan fingerprint density at radius 3 is 2.83 bits per heavy atom. The second-order valence-electron chi connectivity index (χ2n) is 2.10. The first-order valence-corrected chi connectivity index (χ1v) is 3.53. The summed E-state index contributed by atoms with van der Waals surface area (Å²) >= 11 is 0. The van der Waals surface area contributed by atoms with Crippen molar-refractivity contribution in [2.75, 3.05) is 6.61 Å². The Kier molecular flexibility index (Phi) is 2.57. The van der Waals surface area contributed by atoms with Gasteiger partial charge >= 0.3 is 5.97 Å². The minimum absolute atomic E-state index is 0.121. The van der Waals surface area contributed by atoms with Crippen LogP contribution in [-0.2, 0) is 9.53 Å². The highest BCUT2D eigenvalue weighted by molar-refractivity contribution is 5.92. The number of aliphatic hydroxyl groups excluding tert-OH is 1. The van der Waals surface area contributed by atoms with E-state index in [1.807, 2.05) is 0 Å². The minimum Gasteiger partial charge on any atom is -0.505 e. The zero-order chi connectivity index (χ0) is 8.97. The van der Waals surface area contributed by atoms with Gasteiger partial charge in [0.15, 0.2) is 0 Å². The van der Waals surface area contributed by atoms with Crippen molar-refractivity contribution in [3.8, 4) is 0 Å². The quantitative estimate of drug-likeness (QED) is 0.506. The highest BCUT2D eigenvalue weighted by atomic mass is 16.5.